The van der Waals surface area contributed by atoms with Gasteiger partial charge >= 0.3 is 0 Å². The summed E-state index contributed by atoms with van der Waals surface area (Å²) < 4.78 is 5.77. The fourth-order valence-corrected chi connectivity index (χ4v) is 4.08. The summed E-state index contributed by atoms with van der Waals surface area (Å²) in [7, 11) is 0. The van der Waals surface area contributed by atoms with Crippen LogP contribution in [0.25, 0.3) is 4.85 Å². The lowest BCUT2D eigenvalue weighted by molar-refractivity contribution is -0.124. The molecule has 1 amide bonds. The molecule has 0 aliphatic heterocycles. The summed E-state index contributed by atoms with van der Waals surface area (Å²) in [6, 6.07) is 6.76. The molecule has 1 aliphatic rings. The van der Waals surface area contributed by atoms with Crippen LogP contribution in [0.15, 0.2) is 36.9 Å². The fourth-order valence-electron chi connectivity index (χ4n) is 2.92. The monoisotopic (exact) mass is 367 g/mol. The Kier molecular flexibility index (Phi) is 5.69. The summed E-state index contributed by atoms with van der Waals surface area (Å²) >= 11 is 1.60. The largest absolute Gasteiger partial charge is 0.481 e. The van der Waals surface area contributed by atoms with E-state index in [9.17, 15) is 4.79 Å². The number of hydrogen-bond acceptors (Lipinski definition) is 4. The normalized spacial score (nSPS) is 14.0. The Bertz CT molecular complexity index is 812. The minimum atomic E-state index is -0.658. The first-order valence-corrected chi connectivity index (χ1v) is 9.49. The predicted octanol–water partition coefficient (Wildman–Crippen LogP) is 4.56. The molecule has 1 atom stereocenters. The topological polar surface area (TPSA) is 46.8 Å². The van der Waals surface area contributed by atoms with Gasteiger partial charge < -0.3 is 4.74 Å². The Labute approximate surface area is 157 Å². The molecule has 0 saturated heterocycles. The highest BCUT2D eigenvalue weighted by Crippen LogP contribution is 2.32. The maximum Gasteiger partial charge on any atom is 0.269 e. The number of anilines is 1. The molecule has 1 heterocycles. The van der Waals surface area contributed by atoms with Crippen molar-refractivity contribution in [3.8, 4) is 5.75 Å². The van der Waals surface area contributed by atoms with Gasteiger partial charge in [-0.15, -0.1) is 17.9 Å². The van der Waals surface area contributed by atoms with Gasteiger partial charge in [0.15, 0.2) is 16.9 Å². The molecular formula is C20H21N3O2S. The van der Waals surface area contributed by atoms with Gasteiger partial charge in [-0.25, -0.2) is 9.83 Å². The van der Waals surface area contributed by atoms with Crippen LogP contribution in [0.5, 0.6) is 5.75 Å². The lowest BCUT2D eigenvalue weighted by Crippen LogP contribution is -2.40. The summed E-state index contributed by atoms with van der Waals surface area (Å²) in [6.07, 6.45) is 5.42. The molecule has 1 aromatic heterocycles. The molecule has 26 heavy (non-hydrogen) atoms. The van der Waals surface area contributed by atoms with Crippen LogP contribution in [0.3, 0.4) is 0 Å². The molecule has 1 unspecified atom stereocenters. The van der Waals surface area contributed by atoms with E-state index in [1.54, 1.807) is 53.5 Å². The standard InChI is InChI=1S/C20H21N3O2S/c1-4-13-23(20-22-17-7-5-6-8-18(17)26-20)19(24)14(2)25-16-11-9-15(21-3)10-12-16/h4,9-12,14H,1,5-8,13H2,2H3. The number of amides is 1. The maximum absolute atomic E-state index is 12.9. The number of rotatable bonds is 6. The number of carbonyl (C=O) groups excluding carboxylic acids is 1. The van der Waals surface area contributed by atoms with E-state index >= 15 is 0 Å². The number of ether oxygens (including phenoxy) is 1. The minimum absolute atomic E-state index is 0.148. The van der Waals surface area contributed by atoms with Crippen molar-refractivity contribution in [2.24, 2.45) is 0 Å². The average molecular weight is 367 g/mol. The van der Waals surface area contributed by atoms with Crippen molar-refractivity contribution >= 4 is 28.1 Å². The molecule has 3 rings (SSSR count). The third-order valence-electron chi connectivity index (χ3n) is 4.27. The molecule has 1 aliphatic carbocycles. The Morgan fingerprint density at radius 3 is 2.81 bits per heavy atom. The highest BCUT2D eigenvalue weighted by molar-refractivity contribution is 7.16. The summed E-state index contributed by atoms with van der Waals surface area (Å²) in [4.78, 5) is 23.9. The van der Waals surface area contributed by atoms with E-state index in [4.69, 9.17) is 11.3 Å². The van der Waals surface area contributed by atoms with Crippen LogP contribution in [0.1, 0.15) is 30.3 Å². The second kappa shape index (κ2) is 8.15. The number of hydrogen-bond donors (Lipinski definition) is 0. The number of aromatic nitrogens is 1. The van der Waals surface area contributed by atoms with Crippen LogP contribution in [0, 0.1) is 6.57 Å². The van der Waals surface area contributed by atoms with Crippen LogP contribution >= 0.6 is 11.3 Å². The molecule has 2 aromatic rings. The van der Waals surface area contributed by atoms with E-state index in [1.165, 1.54) is 11.3 Å². The number of fused-ring (bicyclic) bond motifs is 1. The fraction of sp³-hybridized carbons (Fsp3) is 0.350. The first-order chi connectivity index (χ1) is 12.6. The van der Waals surface area contributed by atoms with Gasteiger partial charge in [-0.3, -0.25) is 9.69 Å². The van der Waals surface area contributed by atoms with Crippen molar-refractivity contribution in [3.63, 3.8) is 0 Å². The summed E-state index contributed by atoms with van der Waals surface area (Å²) in [6.45, 7) is 12.9. The highest BCUT2D eigenvalue weighted by Gasteiger charge is 2.27. The maximum atomic E-state index is 12.9. The Morgan fingerprint density at radius 2 is 2.15 bits per heavy atom. The number of carbonyl (C=O) groups is 1. The summed E-state index contributed by atoms with van der Waals surface area (Å²) in [5.41, 5.74) is 1.67. The first kappa shape index (κ1) is 18.2. The van der Waals surface area contributed by atoms with Crippen LogP contribution in [0.4, 0.5) is 10.8 Å². The van der Waals surface area contributed by atoms with Gasteiger partial charge in [-0.05, 0) is 44.7 Å². The van der Waals surface area contributed by atoms with Gasteiger partial charge in [0.2, 0.25) is 0 Å². The van der Waals surface area contributed by atoms with E-state index in [0.717, 1.165) is 30.1 Å². The quantitative estimate of drug-likeness (QED) is 0.555. The lowest BCUT2D eigenvalue weighted by atomic mass is 10.0. The van der Waals surface area contributed by atoms with E-state index in [-0.39, 0.29) is 5.91 Å². The Morgan fingerprint density at radius 1 is 1.42 bits per heavy atom. The van der Waals surface area contributed by atoms with Crippen molar-refractivity contribution < 1.29 is 9.53 Å². The molecule has 5 nitrogen and oxygen atoms in total. The molecule has 0 fully saturated rings. The van der Waals surface area contributed by atoms with Crippen molar-refractivity contribution in [2.75, 3.05) is 11.4 Å². The summed E-state index contributed by atoms with van der Waals surface area (Å²) in [5.74, 6) is 0.417. The Hall–Kier alpha value is -2.65. The molecule has 0 N–H and O–H groups in total. The molecule has 0 saturated carbocycles. The van der Waals surface area contributed by atoms with Gasteiger partial charge in [-0.1, -0.05) is 18.2 Å². The first-order valence-electron chi connectivity index (χ1n) is 8.67. The zero-order valence-electron chi connectivity index (χ0n) is 14.8. The van der Waals surface area contributed by atoms with E-state index in [0.29, 0.717) is 18.0 Å². The lowest BCUT2D eigenvalue weighted by Gasteiger charge is -2.22. The van der Waals surface area contributed by atoms with Crippen molar-refractivity contribution in [2.45, 2.75) is 38.7 Å². The zero-order chi connectivity index (χ0) is 18.5. The van der Waals surface area contributed by atoms with E-state index < -0.39 is 6.10 Å². The SMILES string of the molecule is [C-]#[N+]c1ccc(OC(C)C(=O)N(CC=C)c2nc3c(s2)CCCC3)cc1. The Balaban J connectivity index is 1.75. The molecule has 6 heteroatoms. The molecule has 1 aromatic carbocycles. The van der Waals surface area contributed by atoms with Gasteiger partial charge in [0.1, 0.15) is 5.75 Å². The molecule has 0 spiro atoms. The van der Waals surface area contributed by atoms with E-state index in [2.05, 4.69) is 16.4 Å². The van der Waals surface area contributed by atoms with Gasteiger partial charge in [0, 0.05) is 11.4 Å². The zero-order valence-corrected chi connectivity index (χ0v) is 15.6. The van der Waals surface area contributed by atoms with Gasteiger partial charge in [0.05, 0.1) is 12.3 Å². The molecule has 0 bridgehead atoms. The van der Waals surface area contributed by atoms with Gasteiger partial charge in [-0.2, -0.15) is 0 Å². The van der Waals surface area contributed by atoms with Crippen molar-refractivity contribution in [1.82, 2.24) is 4.98 Å². The number of thiazole rings is 1. The molecule has 0 radical (unpaired) electrons. The second-order valence-electron chi connectivity index (χ2n) is 6.18. The number of benzene rings is 1. The van der Waals surface area contributed by atoms with Crippen molar-refractivity contribution in [3.05, 3.63) is 58.9 Å². The van der Waals surface area contributed by atoms with Crippen molar-refractivity contribution in [1.29, 1.82) is 0 Å². The molecular weight excluding hydrogens is 346 g/mol. The van der Waals surface area contributed by atoms with Crippen LogP contribution < -0.4 is 9.64 Å². The predicted molar refractivity (Wildman–Crippen MR) is 104 cm³/mol. The van der Waals surface area contributed by atoms with Gasteiger partial charge in [0.25, 0.3) is 5.91 Å². The van der Waals surface area contributed by atoms with Crippen LogP contribution in [-0.4, -0.2) is 23.5 Å². The minimum Gasteiger partial charge on any atom is -0.481 e. The summed E-state index contributed by atoms with van der Waals surface area (Å²) in [5, 5.41) is 0.723. The highest BCUT2D eigenvalue weighted by atomic mass is 32.1. The van der Waals surface area contributed by atoms with E-state index in [1.807, 2.05) is 0 Å². The third kappa shape index (κ3) is 3.94. The average Bonchev–Trinajstić information content (AvgIpc) is 3.10. The second-order valence-corrected chi connectivity index (χ2v) is 7.24. The van der Waals surface area contributed by atoms with Crippen LogP contribution in [-0.2, 0) is 17.6 Å². The smallest absolute Gasteiger partial charge is 0.269 e. The third-order valence-corrected chi connectivity index (χ3v) is 5.45. The number of aryl methyl sites for hydroxylation is 2. The number of nitrogens with zero attached hydrogens (tertiary/aromatic N) is 3. The van der Waals surface area contributed by atoms with Crippen LogP contribution in [0.2, 0.25) is 0 Å². The molecule has 134 valence electrons.